The fourth-order valence-corrected chi connectivity index (χ4v) is 3.58. The average Bonchev–Trinajstić information content (AvgIpc) is 3.38. The predicted octanol–water partition coefficient (Wildman–Crippen LogP) is 3.10. The largest absolute Gasteiger partial charge is 0.341 e. The zero-order valence-corrected chi connectivity index (χ0v) is 17.6. The molecule has 0 aliphatic rings. The normalized spacial score (nSPS) is 11.3. The van der Waals surface area contributed by atoms with E-state index < -0.39 is 0 Å². The Labute approximate surface area is 179 Å². The van der Waals surface area contributed by atoms with Crippen LogP contribution >= 0.6 is 23.5 Å². The van der Waals surface area contributed by atoms with E-state index in [4.69, 9.17) is 0 Å². The Morgan fingerprint density at radius 3 is 1.57 bits per heavy atom. The summed E-state index contributed by atoms with van der Waals surface area (Å²) in [7, 11) is 0. The number of carbonyl (C=O) groups excluding carboxylic acids is 2. The molecular weight excluding hydrogens is 424 g/mol. The number of H-pyrrole nitrogens is 2. The van der Waals surface area contributed by atoms with Gasteiger partial charge in [0.15, 0.2) is 22.9 Å². The third-order valence-electron chi connectivity index (χ3n) is 3.34. The van der Waals surface area contributed by atoms with Crippen molar-refractivity contribution in [3.05, 3.63) is 48.3 Å². The van der Waals surface area contributed by atoms with Crippen molar-refractivity contribution in [1.82, 2.24) is 39.9 Å². The number of thioether (sulfide) groups is 2. The van der Waals surface area contributed by atoms with Crippen molar-refractivity contribution in [3.63, 3.8) is 0 Å². The van der Waals surface area contributed by atoms with Gasteiger partial charge < -0.3 is 9.97 Å². The van der Waals surface area contributed by atoms with Gasteiger partial charge in [0.2, 0.25) is 0 Å². The molecule has 0 saturated carbocycles. The zero-order valence-electron chi connectivity index (χ0n) is 15.9. The van der Waals surface area contributed by atoms with Gasteiger partial charge in [-0.1, -0.05) is 23.5 Å². The first-order valence-electron chi connectivity index (χ1n) is 8.50. The van der Waals surface area contributed by atoms with Crippen LogP contribution in [0.5, 0.6) is 0 Å². The Morgan fingerprint density at radius 2 is 1.17 bits per heavy atom. The lowest BCUT2D eigenvalue weighted by Gasteiger charge is -1.94. The number of aromatic amines is 2. The molecule has 0 atom stereocenters. The molecule has 0 amide bonds. The molecule has 4 aromatic rings. The number of imidazole rings is 2. The van der Waals surface area contributed by atoms with Gasteiger partial charge in [0, 0.05) is 0 Å². The number of fused-ring (bicyclic) bond motifs is 2. The van der Waals surface area contributed by atoms with E-state index in [9.17, 15) is 9.59 Å². The first kappa shape index (κ1) is 21.3. The highest BCUT2D eigenvalue weighted by atomic mass is 32.2. The molecule has 12 heteroatoms. The SMILES string of the molecule is CC(=O)/C=C/Sc1ncnc2nc[nH]c12.CC(=O)/C=C\Sc1ncnc2nc[nH]c12. The summed E-state index contributed by atoms with van der Waals surface area (Å²) in [6, 6.07) is 0. The Morgan fingerprint density at radius 1 is 0.733 bits per heavy atom. The van der Waals surface area contributed by atoms with Crippen LogP contribution in [-0.4, -0.2) is 51.4 Å². The first-order valence-corrected chi connectivity index (χ1v) is 10.3. The van der Waals surface area contributed by atoms with Gasteiger partial charge in [-0.15, -0.1) is 0 Å². The number of aromatic nitrogens is 8. The topological polar surface area (TPSA) is 143 Å². The maximum absolute atomic E-state index is 10.7. The molecule has 4 aromatic heterocycles. The Bertz CT molecular complexity index is 1140. The summed E-state index contributed by atoms with van der Waals surface area (Å²) in [6.07, 6.45) is 9.03. The molecule has 0 aromatic carbocycles. The average molecular weight is 441 g/mol. The van der Waals surface area contributed by atoms with Gasteiger partial charge in [0.25, 0.3) is 0 Å². The van der Waals surface area contributed by atoms with Crippen molar-refractivity contribution in [2.24, 2.45) is 0 Å². The number of nitrogens with one attached hydrogen (secondary N) is 2. The molecule has 0 bridgehead atoms. The van der Waals surface area contributed by atoms with E-state index >= 15 is 0 Å². The first-order chi connectivity index (χ1) is 14.5. The second-order valence-corrected chi connectivity index (χ2v) is 7.41. The third kappa shape index (κ3) is 5.81. The van der Waals surface area contributed by atoms with Gasteiger partial charge in [-0.05, 0) is 36.8 Å². The fourth-order valence-electron chi connectivity index (χ4n) is 2.05. The fraction of sp³-hybridized carbons (Fsp3) is 0.111. The number of rotatable bonds is 6. The molecule has 30 heavy (non-hydrogen) atoms. The zero-order chi connectivity index (χ0) is 21.3. The number of allylic oxidation sites excluding steroid dienone is 2. The van der Waals surface area contributed by atoms with Crippen LogP contribution in [0.1, 0.15) is 13.8 Å². The molecular formula is C18H16N8O2S2. The Kier molecular flexibility index (Phi) is 7.40. The molecule has 0 aliphatic heterocycles. The summed E-state index contributed by atoms with van der Waals surface area (Å²) >= 11 is 2.72. The van der Waals surface area contributed by atoms with Crippen LogP contribution < -0.4 is 0 Å². The van der Waals surface area contributed by atoms with Crippen LogP contribution in [0.4, 0.5) is 0 Å². The molecule has 4 rings (SSSR count). The predicted molar refractivity (Wildman–Crippen MR) is 115 cm³/mol. The molecule has 0 fully saturated rings. The summed E-state index contributed by atoms with van der Waals surface area (Å²) in [6.45, 7) is 3.01. The molecule has 0 unspecified atom stereocenters. The van der Waals surface area contributed by atoms with Gasteiger partial charge >= 0.3 is 0 Å². The van der Waals surface area contributed by atoms with E-state index in [1.54, 1.807) is 23.5 Å². The molecule has 0 spiro atoms. The summed E-state index contributed by atoms with van der Waals surface area (Å²) in [5.74, 6) is 0.0230. The van der Waals surface area contributed by atoms with E-state index in [0.717, 1.165) is 21.1 Å². The molecule has 0 radical (unpaired) electrons. The van der Waals surface area contributed by atoms with Crippen LogP contribution in [0, 0.1) is 0 Å². The van der Waals surface area contributed by atoms with Gasteiger partial charge in [-0.3, -0.25) is 9.59 Å². The van der Waals surface area contributed by atoms with Crippen LogP contribution in [0.25, 0.3) is 22.3 Å². The minimum Gasteiger partial charge on any atom is -0.341 e. The molecule has 0 saturated heterocycles. The van der Waals surface area contributed by atoms with E-state index in [-0.39, 0.29) is 11.6 Å². The molecule has 0 aliphatic carbocycles. The smallest absolute Gasteiger partial charge is 0.181 e. The summed E-state index contributed by atoms with van der Waals surface area (Å²) in [5.41, 5.74) is 2.83. The monoisotopic (exact) mass is 440 g/mol. The van der Waals surface area contributed by atoms with E-state index in [1.807, 2.05) is 0 Å². The lowest BCUT2D eigenvalue weighted by molar-refractivity contribution is -0.113. The van der Waals surface area contributed by atoms with Gasteiger partial charge in [0.1, 0.15) is 33.7 Å². The van der Waals surface area contributed by atoms with Gasteiger partial charge in [-0.25, -0.2) is 29.9 Å². The van der Waals surface area contributed by atoms with Crippen molar-refractivity contribution >= 4 is 57.4 Å². The number of nitrogens with zero attached hydrogens (tertiary/aromatic N) is 6. The number of hydrogen-bond donors (Lipinski definition) is 2. The molecule has 2 N–H and O–H groups in total. The van der Waals surface area contributed by atoms with Crippen molar-refractivity contribution in [3.8, 4) is 0 Å². The summed E-state index contributed by atoms with van der Waals surface area (Å²) < 4.78 is 0. The van der Waals surface area contributed by atoms with Crippen LogP contribution in [0.15, 0.2) is 58.3 Å². The molecule has 152 valence electrons. The van der Waals surface area contributed by atoms with Crippen LogP contribution in [0.3, 0.4) is 0 Å². The second-order valence-electron chi connectivity index (χ2n) is 5.62. The molecule has 4 heterocycles. The Hall–Kier alpha value is -3.38. The lowest BCUT2D eigenvalue weighted by atomic mass is 10.5. The number of carbonyl (C=O) groups is 2. The Balaban J connectivity index is 0.000000171. The van der Waals surface area contributed by atoms with Gasteiger partial charge in [0.05, 0.1) is 12.7 Å². The van der Waals surface area contributed by atoms with E-state index in [2.05, 4.69) is 39.9 Å². The maximum Gasteiger partial charge on any atom is 0.181 e. The summed E-state index contributed by atoms with van der Waals surface area (Å²) in [4.78, 5) is 51.5. The highest BCUT2D eigenvalue weighted by Crippen LogP contribution is 2.23. The highest BCUT2D eigenvalue weighted by molar-refractivity contribution is 8.02. The van der Waals surface area contributed by atoms with Crippen molar-refractivity contribution in [2.45, 2.75) is 23.9 Å². The molecule has 10 nitrogen and oxygen atoms in total. The summed E-state index contributed by atoms with van der Waals surface area (Å²) in [5, 5.41) is 4.92. The minimum absolute atomic E-state index is 0.0115. The van der Waals surface area contributed by atoms with Crippen molar-refractivity contribution < 1.29 is 9.59 Å². The second kappa shape index (κ2) is 10.4. The van der Waals surface area contributed by atoms with Crippen LogP contribution in [-0.2, 0) is 9.59 Å². The quantitative estimate of drug-likeness (QED) is 0.261. The van der Waals surface area contributed by atoms with E-state index in [0.29, 0.717) is 11.3 Å². The standard InChI is InChI=1S/2C9H8N4OS/c2*1-6(14)2-3-15-9-7-8(11-4-10-7)12-5-13-9/h2*2-5H,1H3,(H,10,11,12,13)/b3-2+;3-2-. The number of ketones is 2. The maximum atomic E-state index is 10.7. The van der Waals surface area contributed by atoms with Gasteiger partial charge in [-0.2, -0.15) is 0 Å². The van der Waals surface area contributed by atoms with Crippen molar-refractivity contribution in [1.29, 1.82) is 0 Å². The number of hydrogen-bond acceptors (Lipinski definition) is 10. The minimum atomic E-state index is 0.0115. The van der Waals surface area contributed by atoms with Crippen LogP contribution in [0.2, 0.25) is 0 Å². The third-order valence-corrected chi connectivity index (χ3v) is 4.95. The van der Waals surface area contributed by atoms with Crippen molar-refractivity contribution in [2.75, 3.05) is 0 Å². The lowest BCUT2D eigenvalue weighted by Crippen LogP contribution is -1.84. The van der Waals surface area contributed by atoms with E-state index in [1.165, 1.54) is 62.2 Å². The highest BCUT2D eigenvalue weighted by Gasteiger charge is 2.05.